The lowest BCUT2D eigenvalue weighted by atomic mass is 9.95. The molecule has 0 aromatic heterocycles. The van der Waals surface area contributed by atoms with Crippen LogP contribution in [-0.4, -0.2) is 36.5 Å². The van der Waals surface area contributed by atoms with Gasteiger partial charge in [0.2, 0.25) is 5.91 Å². The van der Waals surface area contributed by atoms with Crippen molar-refractivity contribution in [2.24, 2.45) is 5.92 Å². The van der Waals surface area contributed by atoms with E-state index in [0.29, 0.717) is 10.7 Å². The van der Waals surface area contributed by atoms with Crippen LogP contribution in [0.4, 0.5) is 5.69 Å². The number of carbonyl (C=O) groups excluding carboxylic acids is 2. The van der Waals surface area contributed by atoms with E-state index >= 15 is 0 Å². The minimum Gasteiger partial charge on any atom is -0.462 e. The number of halogens is 2. The summed E-state index contributed by atoms with van der Waals surface area (Å²) in [6, 6.07) is 12.7. The Hall–Kier alpha value is -2.08. The highest BCUT2D eigenvalue weighted by Gasteiger charge is 2.25. The molecule has 0 spiro atoms. The fourth-order valence-corrected chi connectivity index (χ4v) is 3.87. The minimum atomic E-state index is -0.497. The topological polar surface area (TPSA) is 58.6 Å². The maximum absolute atomic E-state index is 12.7. The normalized spacial score (nSPS) is 15.1. The molecule has 1 aliphatic heterocycles. The summed E-state index contributed by atoms with van der Waals surface area (Å²) in [6.45, 7) is 4.52. The summed E-state index contributed by atoms with van der Waals surface area (Å²) in [6.07, 6.45) is 1.56. The standard InChI is InChI=1S/C22H24Cl2N2O3/c1-2-29-22(28)19-13-18(6-7-20(19)24)25-21(27)16-8-10-26(11-9-16)14-15-4-3-5-17(23)12-15/h3-7,12-13,16H,2,8-11,14H2,1H3,(H,25,27). The van der Waals surface area contributed by atoms with E-state index in [1.807, 2.05) is 18.2 Å². The van der Waals surface area contributed by atoms with Crippen LogP contribution in [0.2, 0.25) is 10.0 Å². The number of benzene rings is 2. The molecule has 0 radical (unpaired) electrons. The predicted octanol–water partition coefficient (Wildman–Crippen LogP) is 5.02. The molecule has 1 N–H and O–H groups in total. The van der Waals surface area contributed by atoms with Crippen molar-refractivity contribution in [2.45, 2.75) is 26.3 Å². The number of rotatable bonds is 6. The Labute approximate surface area is 180 Å². The van der Waals surface area contributed by atoms with Gasteiger partial charge in [-0.05, 0) is 68.8 Å². The highest BCUT2D eigenvalue weighted by Crippen LogP contribution is 2.25. The third-order valence-electron chi connectivity index (χ3n) is 4.98. The van der Waals surface area contributed by atoms with Crippen LogP contribution in [0.3, 0.4) is 0 Å². The minimum absolute atomic E-state index is 0.0375. The Kier molecular flexibility index (Phi) is 7.53. The molecule has 154 valence electrons. The highest BCUT2D eigenvalue weighted by atomic mass is 35.5. The number of hydrogen-bond donors (Lipinski definition) is 1. The van der Waals surface area contributed by atoms with Crippen molar-refractivity contribution in [1.29, 1.82) is 0 Å². The summed E-state index contributed by atoms with van der Waals surface area (Å²) < 4.78 is 5.00. The number of carbonyl (C=O) groups is 2. The number of anilines is 1. The van der Waals surface area contributed by atoms with E-state index in [2.05, 4.69) is 16.3 Å². The Morgan fingerprint density at radius 1 is 1.14 bits per heavy atom. The highest BCUT2D eigenvalue weighted by molar-refractivity contribution is 6.33. The first-order chi connectivity index (χ1) is 14.0. The predicted molar refractivity (Wildman–Crippen MR) is 115 cm³/mol. The zero-order chi connectivity index (χ0) is 20.8. The van der Waals surface area contributed by atoms with Crippen molar-refractivity contribution in [1.82, 2.24) is 4.90 Å². The van der Waals surface area contributed by atoms with Gasteiger partial charge in [0, 0.05) is 23.2 Å². The summed E-state index contributed by atoms with van der Waals surface area (Å²) in [5, 5.41) is 3.95. The van der Waals surface area contributed by atoms with E-state index in [0.717, 1.165) is 37.5 Å². The van der Waals surface area contributed by atoms with Crippen LogP contribution in [0.5, 0.6) is 0 Å². The summed E-state index contributed by atoms with van der Waals surface area (Å²) in [5.74, 6) is -0.597. The second kappa shape index (κ2) is 10.1. The molecule has 0 saturated carbocycles. The summed E-state index contributed by atoms with van der Waals surface area (Å²) >= 11 is 12.1. The third kappa shape index (κ3) is 5.95. The Bertz CT molecular complexity index is 880. The van der Waals surface area contributed by atoms with Gasteiger partial charge in [0.15, 0.2) is 0 Å². The van der Waals surface area contributed by atoms with Crippen molar-refractivity contribution in [2.75, 3.05) is 25.0 Å². The monoisotopic (exact) mass is 434 g/mol. The van der Waals surface area contributed by atoms with E-state index < -0.39 is 5.97 Å². The lowest BCUT2D eigenvalue weighted by Crippen LogP contribution is -2.37. The molecule has 0 atom stereocenters. The second-order valence-corrected chi connectivity index (χ2v) is 7.93. The SMILES string of the molecule is CCOC(=O)c1cc(NC(=O)C2CCN(Cc3cccc(Cl)c3)CC2)ccc1Cl. The lowest BCUT2D eigenvalue weighted by Gasteiger charge is -2.31. The molecule has 1 aliphatic rings. The molecule has 3 rings (SSSR count). The first-order valence-electron chi connectivity index (χ1n) is 9.70. The number of esters is 1. The van der Waals surface area contributed by atoms with E-state index in [-0.39, 0.29) is 24.0 Å². The second-order valence-electron chi connectivity index (χ2n) is 7.08. The molecule has 0 aliphatic carbocycles. The van der Waals surface area contributed by atoms with Gasteiger partial charge in [-0.25, -0.2) is 4.79 Å². The average molecular weight is 435 g/mol. The van der Waals surface area contributed by atoms with Gasteiger partial charge in [-0.15, -0.1) is 0 Å². The Morgan fingerprint density at radius 2 is 1.90 bits per heavy atom. The molecule has 1 amide bonds. The first kappa shape index (κ1) is 21.6. The van der Waals surface area contributed by atoms with E-state index in [1.165, 1.54) is 5.56 Å². The molecular formula is C22H24Cl2N2O3. The van der Waals surface area contributed by atoms with Gasteiger partial charge >= 0.3 is 5.97 Å². The maximum Gasteiger partial charge on any atom is 0.339 e. The first-order valence-corrected chi connectivity index (χ1v) is 10.5. The zero-order valence-corrected chi connectivity index (χ0v) is 17.8. The Morgan fingerprint density at radius 3 is 2.59 bits per heavy atom. The van der Waals surface area contributed by atoms with Crippen LogP contribution in [0.25, 0.3) is 0 Å². The van der Waals surface area contributed by atoms with Crippen molar-refractivity contribution < 1.29 is 14.3 Å². The summed E-state index contributed by atoms with van der Waals surface area (Å²) in [4.78, 5) is 27.0. The molecule has 2 aromatic rings. The maximum atomic E-state index is 12.7. The van der Waals surface area contributed by atoms with Crippen molar-refractivity contribution in [3.63, 3.8) is 0 Å². The van der Waals surface area contributed by atoms with E-state index in [1.54, 1.807) is 25.1 Å². The number of hydrogen-bond acceptors (Lipinski definition) is 4. The van der Waals surface area contributed by atoms with Crippen LogP contribution in [0.1, 0.15) is 35.7 Å². The summed E-state index contributed by atoms with van der Waals surface area (Å²) in [7, 11) is 0. The molecular weight excluding hydrogens is 411 g/mol. The van der Waals surface area contributed by atoms with Crippen LogP contribution in [-0.2, 0) is 16.1 Å². The van der Waals surface area contributed by atoms with Crippen LogP contribution in [0.15, 0.2) is 42.5 Å². The van der Waals surface area contributed by atoms with Crippen LogP contribution < -0.4 is 5.32 Å². The molecule has 1 saturated heterocycles. The molecule has 0 unspecified atom stereocenters. The van der Waals surface area contributed by atoms with Gasteiger partial charge in [0.1, 0.15) is 0 Å². The third-order valence-corrected chi connectivity index (χ3v) is 5.55. The molecule has 2 aromatic carbocycles. The van der Waals surface area contributed by atoms with Gasteiger partial charge < -0.3 is 10.1 Å². The fraction of sp³-hybridized carbons (Fsp3) is 0.364. The van der Waals surface area contributed by atoms with Gasteiger partial charge in [-0.3, -0.25) is 9.69 Å². The van der Waals surface area contributed by atoms with Gasteiger partial charge in [-0.2, -0.15) is 0 Å². The van der Waals surface area contributed by atoms with E-state index in [4.69, 9.17) is 27.9 Å². The smallest absolute Gasteiger partial charge is 0.339 e. The quantitative estimate of drug-likeness (QED) is 0.648. The van der Waals surface area contributed by atoms with Crippen LogP contribution in [0, 0.1) is 5.92 Å². The van der Waals surface area contributed by atoms with Gasteiger partial charge in [-0.1, -0.05) is 35.3 Å². The molecule has 1 fully saturated rings. The number of nitrogens with zero attached hydrogens (tertiary/aromatic N) is 1. The van der Waals surface area contributed by atoms with Crippen molar-refractivity contribution in [3.8, 4) is 0 Å². The number of nitrogens with one attached hydrogen (secondary N) is 1. The van der Waals surface area contributed by atoms with E-state index in [9.17, 15) is 9.59 Å². The number of amides is 1. The molecule has 5 nitrogen and oxygen atoms in total. The lowest BCUT2D eigenvalue weighted by molar-refractivity contribution is -0.121. The molecule has 1 heterocycles. The van der Waals surface area contributed by atoms with Crippen molar-refractivity contribution >= 4 is 40.8 Å². The zero-order valence-electron chi connectivity index (χ0n) is 16.3. The van der Waals surface area contributed by atoms with Gasteiger partial charge in [0.25, 0.3) is 0 Å². The van der Waals surface area contributed by atoms with Crippen molar-refractivity contribution in [3.05, 3.63) is 63.6 Å². The van der Waals surface area contributed by atoms with Crippen LogP contribution >= 0.6 is 23.2 Å². The molecule has 0 bridgehead atoms. The molecule has 29 heavy (non-hydrogen) atoms. The number of ether oxygens (including phenoxy) is 1. The number of likely N-dealkylation sites (tertiary alicyclic amines) is 1. The summed E-state index contributed by atoms with van der Waals surface area (Å²) in [5.41, 5.74) is 1.97. The largest absolute Gasteiger partial charge is 0.462 e. The number of piperidine rings is 1. The van der Waals surface area contributed by atoms with Gasteiger partial charge in [0.05, 0.1) is 17.2 Å². The fourth-order valence-electron chi connectivity index (χ4n) is 3.46. The average Bonchev–Trinajstić information content (AvgIpc) is 2.70. The molecule has 7 heteroatoms. The Balaban J connectivity index is 1.54.